The Hall–Kier alpha value is -1.98. The lowest BCUT2D eigenvalue weighted by molar-refractivity contribution is -0.132. The highest BCUT2D eigenvalue weighted by Gasteiger charge is 2.42. The SMILES string of the molecule is CC1(C)Oc2ccc(N)nc2N(Cc2ccc(Cl)cc2Cl)C1=O. The average Bonchev–Trinajstić information content (AvgIpc) is 2.47. The summed E-state index contributed by atoms with van der Waals surface area (Å²) < 4.78 is 5.74. The van der Waals surface area contributed by atoms with E-state index in [-0.39, 0.29) is 12.5 Å². The van der Waals surface area contributed by atoms with Gasteiger partial charge in [0.1, 0.15) is 5.82 Å². The second-order valence-electron chi connectivity index (χ2n) is 5.80. The minimum Gasteiger partial charge on any atom is -0.474 e. The number of carbonyl (C=O) groups is 1. The van der Waals surface area contributed by atoms with E-state index in [1.807, 2.05) is 0 Å². The fraction of sp³-hybridized carbons (Fsp3) is 0.250. The summed E-state index contributed by atoms with van der Waals surface area (Å²) in [7, 11) is 0. The van der Waals surface area contributed by atoms with Gasteiger partial charge in [0, 0.05) is 10.0 Å². The largest absolute Gasteiger partial charge is 0.474 e. The van der Waals surface area contributed by atoms with Gasteiger partial charge in [0.15, 0.2) is 17.2 Å². The number of anilines is 2. The Balaban J connectivity index is 2.06. The number of rotatable bonds is 2. The summed E-state index contributed by atoms with van der Waals surface area (Å²) in [5, 5.41) is 1.02. The molecule has 0 radical (unpaired) electrons. The molecule has 23 heavy (non-hydrogen) atoms. The van der Waals surface area contributed by atoms with Crippen LogP contribution in [-0.4, -0.2) is 16.5 Å². The lowest BCUT2D eigenvalue weighted by atomic mass is 10.0. The molecule has 1 aromatic carbocycles. The molecule has 1 aromatic heterocycles. The fourth-order valence-electron chi connectivity index (χ4n) is 2.43. The predicted octanol–water partition coefficient (Wildman–Crippen LogP) is 3.67. The normalized spacial score (nSPS) is 16.0. The van der Waals surface area contributed by atoms with Crippen LogP contribution in [0.2, 0.25) is 10.0 Å². The second kappa shape index (κ2) is 5.58. The first-order valence-electron chi connectivity index (χ1n) is 6.99. The number of pyridine rings is 1. The topological polar surface area (TPSA) is 68.5 Å². The van der Waals surface area contributed by atoms with Gasteiger partial charge in [-0.2, -0.15) is 0 Å². The molecule has 0 spiro atoms. The molecule has 0 atom stereocenters. The Bertz CT molecular complexity index is 793. The quantitative estimate of drug-likeness (QED) is 0.895. The molecule has 2 heterocycles. The van der Waals surface area contributed by atoms with Gasteiger partial charge in [-0.15, -0.1) is 0 Å². The van der Waals surface area contributed by atoms with Crippen molar-refractivity contribution in [2.24, 2.45) is 0 Å². The van der Waals surface area contributed by atoms with Crippen LogP contribution in [0.25, 0.3) is 0 Å². The molecule has 0 aliphatic carbocycles. The van der Waals surface area contributed by atoms with Crippen molar-refractivity contribution in [1.29, 1.82) is 0 Å². The van der Waals surface area contributed by atoms with Crippen molar-refractivity contribution in [2.75, 3.05) is 10.6 Å². The Kier molecular flexibility index (Phi) is 3.86. The number of carbonyl (C=O) groups excluding carboxylic acids is 1. The summed E-state index contributed by atoms with van der Waals surface area (Å²) in [6.07, 6.45) is 0. The monoisotopic (exact) mass is 351 g/mol. The zero-order valence-corrected chi connectivity index (χ0v) is 14.1. The van der Waals surface area contributed by atoms with Gasteiger partial charge in [0.25, 0.3) is 5.91 Å². The molecule has 1 aliphatic heterocycles. The van der Waals surface area contributed by atoms with Crippen molar-refractivity contribution >= 4 is 40.7 Å². The van der Waals surface area contributed by atoms with Crippen LogP contribution in [-0.2, 0) is 11.3 Å². The number of nitrogens with zero attached hydrogens (tertiary/aromatic N) is 2. The number of fused-ring (bicyclic) bond motifs is 1. The van der Waals surface area contributed by atoms with Crippen LogP contribution in [0.4, 0.5) is 11.6 Å². The Morgan fingerprint density at radius 1 is 1.26 bits per heavy atom. The summed E-state index contributed by atoms with van der Waals surface area (Å²) in [5.74, 6) is 0.996. The highest BCUT2D eigenvalue weighted by Crippen LogP contribution is 2.38. The van der Waals surface area contributed by atoms with Crippen LogP contribution in [0, 0.1) is 0 Å². The third-order valence-corrected chi connectivity index (χ3v) is 4.17. The van der Waals surface area contributed by atoms with Crippen LogP contribution in [0.3, 0.4) is 0 Å². The maximum atomic E-state index is 12.8. The minimum absolute atomic E-state index is 0.214. The van der Waals surface area contributed by atoms with Gasteiger partial charge >= 0.3 is 0 Å². The summed E-state index contributed by atoms with van der Waals surface area (Å²) in [6.45, 7) is 3.68. The standard InChI is InChI=1S/C16H15Cl2N3O2/c1-16(2)15(22)21(8-9-3-4-10(17)7-11(9)18)14-12(23-16)5-6-13(19)20-14/h3-7H,8H2,1-2H3,(H2,19,20). The van der Waals surface area contributed by atoms with E-state index in [4.69, 9.17) is 33.7 Å². The van der Waals surface area contributed by atoms with Gasteiger partial charge < -0.3 is 10.5 Å². The maximum Gasteiger partial charge on any atom is 0.272 e. The van der Waals surface area contributed by atoms with Gasteiger partial charge in [-0.05, 0) is 43.7 Å². The van der Waals surface area contributed by atoms with E-state index in [1.165, 1.54) is 4.90 Å². The molecule has 1 amide bonds. The van der Waals surface area contributed by atoms with Crippen LogP contribution in [0.5, 0.6) is 5.75 Å². The van der Waals surface area contributed by atoms with Crippen molar-refractivity contribution < 1.29 is 9.53 Å². The first-order chi connectivity index (χ1) is 10.8. The Morgan fingerprint density at radius 2 is 2.00 bits per heavy atom. The molecule has 0 fully saturated rings. The lowest BCUT2D eigenvalue weighted by Crippen LogP contribution is -2.52. The zero-order chi connectivity index (χ0) is 16.8. The van der Waals surface area contributed by atoms with Crippen molar-refractivity contribution in [3.63, 3.8) is 0 Å². The molecule has 0 bridgehead atoms. The third kappa shape index (κ3) is 2.94. The van der Waals surface area contributed by atoms with E-state index in [1.54, 1.807) is 44.2 Å². The van der Waals surface area contributed by atoms with Crippen molar-refractivity contribution in [3.8, 4) is 5.75 Å². The number of amides is 1. The van der Waals surface area contributed by atoms with Gasteiger partial charge in [0.2, 0.25) is 0 Å². The van der Waals surface area contributed by atoms with E-state index in [0.29, 0.717) is 27.4 Å². The van der Waals surface area contributed by atoms with Gasteiger partial charge in [-0.25, -0.2) is 4.98 Å². The van der Waals surface area contributed by atoms with Crippen LogP contribution >= 0.6 is 23.2 Å². The molecule has 2 N–H and O–H groups in total. The minimum atomic E-state index is -0.996. The maximum absolute atomic E-state index is 12.8. The van der Waals surface area contributed by atoms with E-state index in [9.17, 15) is 4.79 Å². The number of aromatic nitrogens is 1. The predicted molar refractivity (Wildman–Crippen MR) is 91.0 cm³/mol. The van der Waals surface area contributed by atoms with Crippen LogP contribution < -0.4 is 15.4 Å². The first kappa shape index (κ1) is 15.9. The van der Waals surface area contributed by atoms with Gasteiger partial charge in [-0.1, -0.05) is 29.3 Å². The van der Waals surface area contributed by atoms with Gasteiger partial charge in [-0.3, -0.25) is 9.69 Å². The number of nitrogen functional groups attached to an aromatic ring is 1. The number of ether oxygens (including phenoxy) is 1. The molecular formula is C16H15Cl2N3O2. The summed E-state index contributed by atoms with van der Waals surface area (Å²) in [6, 6.07) is 8.50. The zero-order valence-electron chi connectivity index (χ0n) is 12.6. The Morgan fingerprint density at radius 3 is 2.70 bits per heavy atom. The third-order valence-electron chi connectivity index (χ3n) is 3.59. The van der Waals surface area contributed by atoms with Crippen LogP contribution in [0.15, 0.2) is 30.3 Å². The average molecular weight is 352 g/mol. The molecule has 3 rings (SSSR count). The number of hydrogen-bond donors (Lipinski definition) is 1. The second-order valence-corrected chi connectivity index (χ2v) is 6.64. The molecule has 2 aromatic rings. The van der Waals surface area contributed by atoms with E-state index in [2.05, 4.69) is 4.98 Å². The number of benzene rings is 1. The number of nitrogens with two attached hydrogens (primary N) is 1. The highest BCUT2D eigenvalue weighted by molar-refractivity contribution is 6.35. The Labute approximate surface area is 144 Å². The van der Waals surface area contributed by atoms with Crippen molar-refractivity contribution in [2.45, 2.75) is 26.0 Å². The van der Waals surface area contributed by atoms with Gasteiger partial charge in [0.05, 0.1) is 6.54 Å². The summed E-state index contributed by atoms with van der Waals surface area (Å²) in [4.78, 5) is 18.5. The smallest absolute Gasteiger partial charge is 0.272 e. The van der Waals surface area contributed by atoms with Crippen molar-refractivity contribution in [1.82, 2.24) is 4.98 Å². The van der Waals surface area contributed by atoms with Crippen LogP contribution in [0.1, 0.15) is 19.4 Å². The van der Waals surface area contributed by atoms with E-state index >= 15 is 0 Å². The molecule has 1 aliphatic rings. The molecule has 7 heteroatoms. The number of hydrogen-bond acceptors (Lipinski definition) is 4. The molecule has 0 saturated carbocycles. The molecule has 5 nitrogen and oxygen atoms in total. The fourth-order valence-corrected chi connectivity index (χ4v) is 2.90. The summed E-state index contributed by atoms with van der Waals surface area (Å²) >= 11 is 12.1. The molecular weight excluding hydrogens is 337 g/mol. The molecule has 120 valence electrons. The highest BCUT2D eigenvalue weighted by atomic mass is 35.5. The summed E-state index contributed by atoms with van der Waals surface area (Å²) in [5.41, 5.74) is 5.52. The molecule has 0 saturated heterocycles. The first-order valence-corrected chi connectivity index (χ1v) is 7.75. The lowest BCUT2D eigenvalue weighted by Gasteiger charge is -2.38. The van der Waals surface area contributed by atoms with Crippen molar-refractivity contribution in [3.05, 3.63) is 45.9 Å². The van der Waals surface area contributed by atoms with E-state index < -0.39 is 5.60 Å². The molecule has 0 unspecified atom stereocenters. The van der Waals surface area contributed by atoms with E-state index in [0.717, 1.165) is 5.56 Å². The number of halogens is 2.